The number of carbonyl (C=O) groups is 1. The molecule has 1 fully saturated rings. The van der Waals surface area contributed by atoms with Crippen LogP contribution < -0.4 is 0 Å². The van der Waals surface area contributed by atoms with Gasteiger partial charge < -0.3 is 4.57 Å². The molecule has 1 aromatic carbocycles. The summed E-state index contributed by atoms with van der Waals surface area (Å²) in [7, 11) is 1.96. The molecular formula is C21H22F2N4O. The van der Waals surface area contributed by atoms with E-state index in [0.29, 0.717) is 5.82 Å². The van der Waals surface area contributed by atoms with Crippen molar-refractivity contribution in [1.29, 1.82) is 0 Å². The normalized spacial score (nSPS) is 17.1. The average Bonchev–Trinajstić information content (AvgIpc) is 3.00. The van der Waals surface area contributed by atoms with Gasteiger partial charge in [-0.1, -0.05) is 12.1 Å². The molecule has 2 aromatic heterocycles. The molecule has 3 aromatic rings. The zero-order valence-electron chi connectivity index (χ0n) is 16.0. The van der Waals surface area contributed by atoms with E-state index in [1.165, 1.54) is 0 Å². The molecule has 1 aliphatic rings. The average molecular weight is 384 g/mol. The summed E-state index contributed by atoms with van der Waals surface area (Å²) in [5.74, 6) is -1.64. The second-order valence-corrected chi connectivity index (χ2v) is 7.58. The van der Waals surface area contributed by atoms with E-state index >= 15 is 0 Å². The van der Waals surface area contributed by atoms with E-state index in [1.54, 1.807) is 6.20 Å². The predicted octanol–water partition coefficient (Wildman–Crippen LogP) is 4.28. The van der Waals surface area contributed by atoms with Crippen molar-refractivity contribution < 1.29 is 13.6 Å². The van der Waals surface area contributed by atoms with Crippen molar-refractivity contribution in [3.63, 3.8) is 0 Å². The third kappa shape index (κ3) is 3.66. The molecule has 0 bridgehead atoms. The van der Waals surface area contributed by atoms with Crippen LogP contribution in [0.5, 0.6) is 0 Å². The number of benzene rings is 1. The molecule has 0 saturated heterocycles. The highest BCUT2D eigenvalue weighted by Crippen LogP contribution is 2.36. The lowest BCUT2D eigenvalue weighted by atomic mass is 9.83. The predicted molar refractivity (Wildman–Crippen MR) is 102 cm³/mol. The Balaban J connectivity index is 1.55. The molecule has 0 unspecified atom stereocenters. The molecular weight excluding hydrogens is 362 g/mol. The first-order valence-corrected chi connectivity index (χ1v) is 9.47. The summed E-state index contributed by atoms with van der Waals surface area (Å²) in [6.45, 7) is 1.94. The number of halogens is 2. The number of alkyl halides is 2. The van der Waals surface area contributed by atoms with Crippen LogP contribution in [0.15, 0.2) is 30.6 Å². The number of imidazole rings is 1. The number of nitrogens with zero attached hydrogens (tertiary/aromatic N) is 4. The van der Waals surface area contributed by atoms with Gasteiger partial charge in [-0.05, 0) is 25.8 Å². The van der Waals surface area contributed by atoms with Crippen LogP contribution in [0.3, 0.4) is 0 Å². The molecule has 1 saturated carbocycles. The van der Waals surface area contributed by atoms with E-state index in [2.05, 4.69) is 15.0 Å². The van der Waals surface area contributed by atoms with Crippen LogP contribution in [0.4, 0.5) is 8.78 Å². The van der Waals surface area contributed by atoms with Crippen molar-refractivity contribution in [1.82, 2.24) is 19.5 Å². The van der Waals surface area contributed by atoms with Crippen molar-refractivity contribution in [2.75, 3.05) is 0 Å². The maximum Gasteiger partial charge on any atom is 0.248 e. The summed E-state index contributed by atoms with van der Waals surface area (Å²) in [6.07, 6.45) is 3.66. The van der Waals surface area contributed by atoms with Gasteiger partial charge >= 0.3 is 0 Å². The second-order valence-electron chi connectivity index (χ2n) is 7.58. The number of hydrogen-bond donors (Lipinski definition) is 0. The lowest BCUT2D eigenvalue weighted by molar-refractivity contribution is -0.126. The fourth-order valence-electron chi connectivity index (χ4n) is 3.74. The van der Waals surface area contributed by atoms with E-state index in [9.17, 15) is 13.6 Å². The first kappa shape index (κ1) is 18.7. The summed E-state index contributed by atoms with van der Waals surface area (Å²) >= 11 is 0. The van der Waals surface area contributed by atoms with E-state index in [0.717, 1.165) is 28.0 Å². The Kier molecular flexibility index (Phi) is 4.69. The standard InChI is InChI=1S/C21H22F2N4O/c1-13-24-12-18(27(13)2)15-3-4-16-11-25-20(26-17(16)9-15)10-19(28)14-5-7-21(22,23)8-6-14/h3-4,9,11-12,14H,5-8,10H2,1-2H3. The minimum absolute atomic E-state index is 0.0479. The van der Waals surface area contributed by atoms with Gasteiger partial charge in [0.05, 0.1) is 23.8 Å². The highest BCUT2D eigenvalue weighted by atomic mass is 19.3. The molecule has 4 rings (SSSR count). The lowest BCUT2D eigenvalue weighted by Gasteiger charge is -2.27. The number of aryl methyl sites for hydroxylation is 1. The molecule has 1 aliphatic carbocycles. The topological polar surface area (TPSA) is 60.7 Å². The molecule has 0 radical (unpaired) electrons. The number of Topliss-reactive ketones (excluding diaryl/α,β-unsaturated/α-hetero) is 1. The van der Waals surface area contributed by atoms with Crippen molar-refractivity contribution in [3.05, 3.63) is 42.2 Å². The van der Waals surface area contributed by atoms with Crippen molar-refractivity contribution >= 4 is 16.7 Å². The first-order chi connectivity index (χ1) is 13.3. The zero-order valence-corrected chi connectivity index (χ0v) is 16.0. The fourth-order valence-corrected chi connectivity index (χ4v) is 3.74. The molecule has 28 heavy (non-hydrogen) atoms. The summed E-state index contributed by atoms with van der Waals surface area (Å²) in [5.41, 5.74) is 2.73. The van der Waals surface area contributed by atoms with Crippen LogP contribution in [0.25, 0.3) is 22.2 Å². The smallest absolute Gasteiger partial charge is 0.248 e. The van der Waals surface area contributed by atoms with Crippen LogP contribution in [0.2, 0.25) is 0 Å². The first-order valence-electron chi connectivity index (χ1n) is 9.47. The zero-order chi connectivity index (χ0) is 19.9. The van der Waals surface area contributed by atoms with Crippen LogP contribution in [0, 0.1) is 12.8 Å². The number of aromatic nitrogens is 4. The Bertz CT molecular complexity index is 1030. The number of fused-ring (bicyclic) bond motifs is 1. The Hall–Kier alpha value is -2.70. The van der Waals surface area contributed by atoms with Gasteiger partial charge in [-0.3, -0.25) is 4.79 Å². The van der Waals surface area contributed by atoms with Gasteiger partial charge in [0.25, 0.3) is 0 Å². The largest absolute Gasteiger partial charge is 0.331 e. The highest BCUT2D eigenvalue weighted by molar-refractivity contribution is 5.85. The van der Waals surface area contributed by atoms with Gasteiger partial charge in [0.1, 0.15) is 17.4 Å². The molecule has 0 N–H and O–H groups in total. The van der Waals surface area contributed by atoms with Gasteiger partial charge in [-0.15, -0.1) is 0 Å². The van der Waals surface area contributed by atoms with Crippen molar-refractivity contribution in [2.45, 2.75) is 45.0 Å². The molecule has 146 valence electrons. The molecule has 2 heterocycles. The van der Waals surface area contributed by atoms with Gasteiger partial charge in [0.15, 0.2) is 0 Å². The quantitative estimate of drug-likeness (QED) is 0.674. The van der Waals surface area contributed by atoms with Gasteiger partial charge in [-0.2, -0.15) is 0 Å². The van der Waals surface area contributed by atoms with Crippen LogP contribution in [-0.4, -0.2) is 31.2 Å². The number of ketones is 1. The minimum Gasteiger partial charge on any atom is -0.331 e. The summed E-state index contributed by atoms with van der Waals surface area (Å²) in [6, 6.07) is 5.90. The third-order valence-electron chi connectivity index (χ3n) is 5.65. The fraction of sp³-hybridized carbons (Fsp3) is 0.429. The lowest BCUT2D eigenvalue weighted by Crippen LogP contribution is -2.29. The molecule has 0 atom stereocenters. The van der Waals surface area contributed by atoms with E-state index in [-0.39, 0.29) is 43.8 Å². The Morgan fingerprint density at radius 2 is 1.96 bits per heavy atom. The maximum atomic E-state index is 13.3. The Morgan fingerprint density at radius 1 is 1.21 bits per heavy atom. The summed E-state index contributed by atoms with van der Waals surface area (Å²) in [4.78, 5) is 25.7. The van der Waals surface area contributed by atoms with E-state index in [4.69, 9.17) is 0 Å². The third-order valence-corrected chi connectivity index (χ3v) is 5.65. The van der Waals surface area contributed by atoms with Crippen molar-refractivity contribution in [3.8, 4) is 11.3 Å². The van der Waals surface area contributed by atoms with Gasteiger partial charge in [0, 0.05) is 43.0 Å². The SMILES string of the molecule is Cc1ncc(-c2ccc3cnc(CC(=O)C4CCC(F)(F)CC4)nc3c2)n1C. The number of hydrogen-bond acceptors (Lipinski definition) is 4. The minimum atomic E-state index is -2.63. The van der Waals surface area contributed by atoms with Gasteiger partial charge in [0.2, 0.25) is 5.92 Å². The molecule has 0 spiro atoms. The second kappa shape index (κ2) is 7.04. The number of rotatable bonds is 4. The van der Waals surface area contributed by atoms with Crippen molar-refractivity contribution in [2.24, 2.45) is 13.0 Å². The van der Waals surface area contributed by atoms with Crippen LogP contribution in [0.1, 0.15) is 37.3 Å². The summed E-state index contributed by atoms with van der Waals surface area (Å²) in [5, 5.41) is 0.885. The van der Waals surface area contributed by atoms with Crippen LogP contribution in [-0.2, 0) is 18.3 Å². The van der Waals surface area contributed by atoms with E-state index < -0.39 is 5.92 Å². The summed E-state index contributed by atoms with van der Waals surface area (Å²) < 4.78 is 28.6. The molecule has 0 amide bonds. The molecule has 0 aliphatic heterocycles. The maximum absolute atomic E-state index is 13.3. The Labute approximate surface area is 161 Å². The highest BCUT2D eigenvalue weighted by Gasteiger charge is 2.37. The van der Waals surface area contributed by atoms with Crippen LogP contribution >= 0.6 is 0 Å². The molecule has 7 heteroatoms. The van der Waals surface area contributed by atoms with Gasteiger partial charge in [-0.25, -0.2) is 23.7 Å². The molecule has 5 nitrogen and oxygen atoms in total. The van der Waals surface area contributed by atoms with E-state index in [1.807, 2.05) is 42.9 Å². The monoisotopic (exact) mass is 384 g/mol. The Morgan fingerprint density at radius 3 is 2.64 bits per heavy atom. The number of carbonyl (C=O) groups excluding carboxylic acids is 1.